The van der Waals surface area contributed by atoms with Crippen molar-refractivity contribution in [1.82, 2.24) is 20.4 Å². The minimum absolute atomic E-state index is 0.0365. The fourth-order valence-corrected chi connectivity index (χ4v) is 8.49. The Balaban J connectivity index is 1.54. The van der Waals surface area contributed by atoms with E-state index in [1.807, 2.05) is 27.8 Å². The Labute approximate surface area is 286 Å². The second-order valence-corrected chi connectivity index (χ2v) is 13.5. The smallest absolute Gasteiger partial charge is 0.308 e. The number of aromatic hydroxyl groups is 1. The number of fused-ring (bicyclic) bond motifs is 9. The number of hydrogen-bond donors (Lipinski definition) is 3. The number of benzene rings is 2. The first-order chi connectivity index (χ1) is 23.4. The average Bonchev–Trinajstić information content (AvgIpc) is 3.51. The van der Waals surface area contributed by atoms with Crippen molar-refractivity contribution < 1.29 is 38.4 Å². The van der Waals surface area contributed by atoms with Crippen molar-refractivity contribution in [3.8, 4) is 34.8 Å². The standard InChI is InChI=1S/C36H45N5O8/c1-8-9-27(43)39-19(4)36(45)38-15-26-29-22(33(49-20(5)42)18(3)34-35(29)48-16-47-34)13-24-30-28-21(12-17(2)32(46-7)31(28)44)10-11-23(40(30)6)25(14-37)41(24)26/h12,19,23-26,30,44H,8-11,13,15-16H2,1-7H3,(H,38,45)(H,39,43)/t19-,23-,24?,25-,26-,30-/m0/s1. The summed E-state index contributed by atoms with van der Waals surface area (Å²) in [4.78, 5) is 42.6. The summed E-state index contributed by atoms with van der Waals surface area (Å²) in [5, 5.41) is 28.5. The van der Waals surface area contributed by atoms with Gasteiger partial charge in [0, 0.05) is 54.2 Å². The number of rotatable bonds is 8. The first kappa shape index (κ1) is 34.3. The molecule has 49 heavy (non-hydrogen) atoms. The van der Waals surface area contributed by atoms with Crippen LogP contribution in [0.2, 0.25) is 0 Å². The van der Waals surface area contributed by atoms with Gasteiger partial charge in [0.05, 0.1) is 25.3 Å². The molecule has 0 spiro atoms. The van der Waals surface area contributed by atoms with Gasteiger partial charge in [0.2, 0.25) is 18.6 Å². The topological polar surface area (TPSA) is 163 Å². The summed E-state index contributed by atoms with van der Waals surface area (Å²) in [6.45, 7) is 8.62. The Bertz CT molecular complexity index is 1740. The molecule has 0 aromatic heterocycles. The lowest BCUT2D eigenvalue weighted by atomic mass is 9.76. The van der Waals surface area contributed by atoms with Crippen molar-refractivity contribution in [2.75, 3.05) is 27.5 Å². The zero-order valence-corrected chi connectivity index (χ0v) is 29.1. The van der Waals surface area contributed by atoms with Crippen molar-refractivity contribution in [3.05, 3.63) is 39.4 Å². The van der Waals surface area contributed by atoms with E-state index in [4.69, 9.17) is 18.9 Å². The third kappa shape index (κ3) is 5.70. The number of nitriles is 1. The van der Waals surface area contributed by atoms with Gasteiger partial charge in [-0.15, -0.1) is 0 Å². The molecule has 2 aromatic rings. The molecule has 6 rings (SSSR count). The van der Waals surface area contributed by atoms with Crippen LogP contribution in [0.1, 0.15) is 85.5 Å². The molecule has 2 aromatic carbocycles. The number of phenolic OH excluding ortho intramolecular Hbond substituents is 1. The van der Waals surface area contributed by atoms with Crippen LogP contribution in [0, 0.1) is 25.2 Å². The fraction of sp³-hybridized carbons (Fsp3) is 0.556. The minimum Gasteiger partial charge on any atom is -0.504 e. The van der Waals surface area contributed by atoms with E-state index in [1.165, 1.54) is 14.0 Å². The highest BCUT2D eigenvalue weighted by Gasteiger charge is 2.55. The second kappa shape index (κ2) is 13.4. The molecule has 0 aliphatic carbocycles. The van der Waals surface area contributed by atoms with Gasteiger partial charge in [-0.25, -0.2) is 0 Å². The van der Waals surface area contributed by atoms with Crippen molar-refractivity contribution in [3.63, 3.8) is 0 Å². The quantitative estimate of drug-likeness (QED) is 0.278. The number of methoxy groups -OCH3 is 1. The molecule has 1 fully saturated rings. The first-order valence-electron chi connectivity index (χ1n) is 16.9. The van der Waals surface area contributed by atoms with Crippen molar-refractivity contribution in [2.24, 2.45) is 0 Å². The number of carbonyl (C=O) groups is 3. The first-order valence-corrected chi connectivity index (χ1v) is 16.9. The average molecular weight is 676 g/mol. The zero-order valence-electron chi connectivity index (χ0n) is 29.1. The Hall–Kier alpha value is -4.54. The van der Waals surface area contributed by atoms with Crippen LogP contribution < -0.4 is 29.6 Å². The molecule has 13 nitrogen and oxygen atoms in total. The van der Waals surface area contributed by atoms with Crippen LogP contribution in [0.15, 0.2) is 6.07 Å². The summed E-state index contributed by atoms with van der Waals surface area (Å²) >= 11 is 0. The summed E-state index contributed by atoms with van der Waals surface area (Å²) in [7, 11) is 3.53. The Kier molecular flexibility index (Phi) is 9.39. The van der Waals surface area contributed by atoms with Crippen LogP contribution in [0.5, 0.6) is 28.7 Å². The molecule has 2 amide bonds. The summed E-state index contributed by atoms with van der Waals surface area (Å²) in [5.41, 5.74) is 4.56. The number of carbonyl (C=O) groups excluding carboxylic acids is 3. The normalized spacial score (nSPS) is 24.3. The maximum Gasteiger partial charge on any atom is 0.308 e. The number of nitrogens with zero attached hydrogens (tertiary/aromatic N) is 3. The Morgan fingerprint density at radius 2 is 1.90 bits per heavy atom. The summed E-state index contributed by atoms with van der Waals surface area (Å²) in [5.74, 6) is 0.686. The molecule has 0 radical (unpaired) electrons. The number of esters is 1. The van der Waals surface area contributed by atoms with Gasteiger partial charge in [0.15, 0.2) is 23.0 Å². The molecule has 6 atom stereocenters. The van der Waals surface area contributed by atoms with Crippen LogP contribution in [0.3, 0.4) is 0 Å². The lowest BCUT2D eigenvalue weighted by molar-refractivity contribution is -0.132. The number of aryl methyl sites for hydroxylation is 2. The molecule has 4 heterocycles. The summed E-state index contributed by atoms with van der Waals surface area (Å²) in [6.07, 6.45) is 2.61. The Morgan fingerprint density at radius 3 is 2.57 bits per heavy atom. The molecule has 3 N–H and O–H groups in total. The molecular formula is C36H45N5O8. The van der Waals surface area contributed by atoms with E-state index in [2.05, 4.69) is 32.6 Å². The van der Waals surface area contributed by atoms with Crippen LogP contribution in [0.25, 0.3) is 0 Å². The van der Waals surface area contributed by atoms with E-state index < -0.39 is 36.2 Å². The molecule has 1 unspecified atom stereocenters. The van der Waals surface area contributed by atoms with Gasteiger partial charge in [0.25, 0.3) is 0 Å². The number of nitrogens with one attached hydrogen (secondary N) is 2. The molecule has 13 heteroatoms. The molecule has 4 aliphatic rings. The monoisotopic (exact) mass is 675 g/mol. The lowest BCUT2D eigenvalue weighted by Gasteiger charge is -2.57. The lowest BCUT2D eigenvalue weighted by Crippen LogP contribution is -2.66. The largest absolute Gasteiger partial charge is 0.504 e. The van der Waals surface area contributed by atoms with Gasteiger partial charge in [-0.1, -0.05) is 13.0 Å². The van der Waals surface area contributed by atoms with E-state index in [0.717, 1.165) is 22.3 Å². The predicted molar refractivity (Wildman–Crippen MR) is 178 cm³/mol. The predicted octanol–water partition coefficient (Wildman–Crippen LogP) is 3.25. The fourth-order valence-electron chi connectivity index (χ4n) is 8.49. The van der Waals surface area contributed by atoms with Crippen molar-refractivity contribution in [1.29, 1.82) is 5.26 Å². The maximum absolute atomic E-state index is 13.5. The van der Waals surface area contributed by atoms with Gasteiger partial charge >= 0.3 is 5.97 Å². The maximum atomic E-state index is 13.5. The van der Waals surface area contributed by atoms with Gasteiger partial charge in [-0.3, -0.25) is 24.2 Å². The van der Waals surface area contributed by atoms with Crippen molar-refractivity contribution in [2.45, 2.75) is 103 Å². The van der Waals surface area contributed by atoms with Crippen molar-refractivity contribution >= 4 is 17.8 Å². The van der Waals surface area contributed by atoms with E-state index >= 15 is 0 Å². The molecular weight excluding hydrogens is 630 g/mol. The van der Waals surface area contributed by atoms with E-state index in [9.17, 15) is 24.8 Å². The third-order valence-electron chi connectivity index (χ3n) is 10.5. The highest BCUT2D eigenvalue weighted by atomic mass is 16.7. The summed E-state index contributed by atoms with van der Waals surface area (Å²) < 4.78 is 23.6. The van der Waals surface area contributed by atoms with Gasteiger partial charge in [-0.05, 0) is 64.6 Å². The SMILES string of the molecule is CCCC(=O)N[C@@H](C)C(=O)NC[C@H]1c2c(c(OC(C)=O)c(C)c3c2OCO3)CC2[C@H]3c4c(cc(C)c(OC)c4O)CC[C@@H]([C@H](C#N)N21)N3C. The molecule has 262 valence electrons. The van der Waals surface area contributed by atoms with E-state index in [-0.39, 0.29) is 36.9 Å². The molecule has 4 aliphatic heterocycles. The van der Waals surface area contributed by atoms with Gasteiger partial charge in [-0.2, -0.15) is 5.26 Å². The number of hydrogen-bond acceptors (Lipinski definition) is 11. The highest BCUT2D eigenvalue weighted by molar-refractivity contribution is 5.87. The van der Waals surface area contributed by atoms with Gasteiger partial charge in [0.1, 0.15) is 17.8 Å². The molecule has 0 saturated carbocycles. The number of piperazine rings is 1. The zero-order chi connectivity index (χ0) is 35.3. The second-order valence-electron chi connectivity index (χ2n) is 13.5. The van der Waals surface area contributed by atoms with Gasteiger partial charge < -0.3 is 34.7 Å². The summed E-state index contributed by atoms with van der Waals surface area (Å²) in [6, 6.07) is 1.60. The van der Waals surface area contributed by atoms with Crippen LogP contribution >= 0.6 is 0 Å². The highest BCUT2D eigenvalue weighted by Crippen LogP contribution is 2.57. The van der Waals surface area contributed by atoms with E-state index in [1.54, 1.807) is 6.92 Å². The third-order valence-corrected chi connectivity index (χ3v) is 10.5. The minimum atomic E-state index is -0.792. The number of phenols is 1. The number of ether oxygens (including phenoxy) is 4. The van der Waals surface area contributed by atoms with Crippen LogP contribution in [0.4, 0.5) is 0 Å². The van der Waals surface area contributed by atoms with Crippen LogP contribution in [-0.2, 0) is 27.2 Å². The van der Waals surface area contributed by atoms with Crippen LogP contribution in [-0.4, -0.2) is 84.4 Å². The molecule has 1 saturated heterocycles. The Morgan fingerprint density at radius 1 is 1.16 bits per heavy atom. The number of amides is 2. The van der Waals surface area contributed by atoms with E-state index in [0.29, 0.717) is 66.2 Å². The number of likely N-dealkylation sites (N-methyl/N-ethyl adjacent to an activating group) is 1. The molecule has 2 bridgehead atoms.